The summed E-state index contributed by atoms with van der Waals surface area (Å²) >= 11 is 6.06. The van der Waals surface area contributed by atoms with E-state index in [-0.39, 0.29) is 12.0 Å². The van der Waals surface area contributed by atoms with Crippen molar-refractivity contribution in [2.75, 3.05) is 6.61 Å². The van der Waals surface area contributed by atoms with E-state index < -0.39 is 0 Å². The predicted octanol–water partition coefficient (Wildman–Crippen LogP) is 2.81. The first kappa shape index (κ1) is 11.9. The molecule has 5 heteroatoms. The highest BCUT2D eigenvalue weighted by Crippen LogP contribution is 2.44. The lowest BCUT2D eigenvalue weighted by Gasteiger charge is -2.21. The number of aromatic nitrogens is 3. The van der Waals surface area contributed by atoms with Gasteiger partial charge in [-0.3, -0.25) is 0 Å². The zero-order chi connectivity index (χ0) is 12.8. The lowest BCUT2D eigenvalue weighted by molar-refractivity contribution is 0.144. The van der Waals surface area contributed by atoms with Gasteiger partial charge in [0.2, 0.25) is 0 Å². The van der Waals surface area contributed by atoms with Crippen LogP contribution < -0.4 is 0 Å². The van der Waals surface area contributed by atoms with Gasteiger partial charge < -0.3 is 9.67 Å². The highest BCUT2D eigenvalue weighted by Gasteiger charge is 2.35. The number of aliphatic hydroxyl groups excluding tert-OH is 1. The first-order valence-corrected chi connectivity index (χ1v) is 6.59. The van der Waals surface area contributed by atoms with Gasteiger partial charge in [-0.2, -0.15) is 0 Å². The summed E-state index contributed by atoms with van der Waals surface area (Å²) in [7, 11) is 0. The lowest BCUT2D eigenvalue weighted by atomic mass is 9.90. The van der Waals surface area contributed by atoms with Crippen LogP contribution in [-0.4, -0.2) is 26.2 Å². The molecule has 0 spiro atoms. The molecule has 0 aromatic carbocycles. The normalized spacial score (nSPS) is 28.1. The van der Waals surface area contributed by atoms with Gasteiger partial charge in [0, 0.05) is 18.8 Å². The van der Waals surface area contributed by atoms with Crippen LogP contribution in [0.15, 0.2) is 18.6 Å². The molecule has 2 aromatic heterocycles. The highest BCUT2D eigenvalue weighted by atomic mass is 35.5. The van der Waals surface area contributed by atoms with E-state index in [0.29, 0.717) is 11.2 Å². The molecule has 4 nitrogen and oxygen atoms in total. The standard InChI is InChI=1S/C13H16ClN3O/c1-13(7-18)4-2-9(6-13)17-5-3-10-11(14)15-8-16-12(10)17/h3,5,8-9,18H,2,4,6-7H2,1H3/t9?,13-/m1/s1. The van der Waals surface area contributed by atoms with Crippen molar-refractivity contribution >= 4 is 22.6 Å². The highest BCUT2D eigenvalue weighted by molar-refractivity contribution is 6.33. The Morgan fingerprint density at radius 2 is 2.39 bits per heavy atom. The molecule has 1 fully saturated rings. The molecule has 0 radical (unpaired) electrons. The summed E-state index contributed by atoms with van der Waals surface area (Å²) in [5.41, 5.74) is 0.931. The number of hydrogen-bond acceptors (Lipinski definition) is 3. The van der Waals surface area contributed by atoms with Crippen molar-refractivity contribution in [1.82, 2.24) is 14.5 Å². The number of aliphatic hydroxyl groups is 1. The van der Waals surface area contributed by atoms with E-state index in [4.69, 9.17) is 11.6 Å². The van der Waals surface area contributed by atoms with Crippen molar-refractivity contribution in [2.24, 2.45) is 5.41 Å². The largest absolute Gasteiger partial charge is 0.396 e. The van der Waals surface area contributed by atoms with Crippen LogP contribution in [0.4, 0.5) is 0 Å². The third-order valence-electron chi connectivity index (χ3n) is 4.05. The minimum absolute atomic E-state index is 0.0398. The molecule has 96 valence electrons. The topological polar surface area (TPSA) is 50.9 Å². The summed E-state index contributed by atoms with van der Waals surface area (Å²) in [4.78, 5) is 8.32. The van der Waals surface area contributed by atoms with Gasteiger partial charge in [-0.1, -0.05) is 18.5 Å². The van der Waals surface area contributed by atoms with E-state index in [9.17, 15) is 5.11 Å². The van der Waals surface area contributed by atoms with Crippen LogP contribution >= 0.6 is 11.6 Å². The van der Waals surface area contributed by atoms with Gasteiger partial charge in [0.15, 0.2) is 0 Å². The van der Waals surface area contributed by atoms with Gasteiger partial charge >= 0.3 is 0 Å². The van der Waals surface area contributed by atoms with Crippen molar-refractivity contribution in [3.8, 4) is 0 Å². The number of nitrogens with zero attached hydrogens (tertiary/aromatic N) is 3. The maximum absolute atomic E-state index is 9.44. The number of hydrogen-bond donors (Lipinski definition) is 1. The monoisotopic (exact) mass is 265 g/mol. The van der Waals surface area contributed by atoms with Gasteiger partial charge in [0.1, 0.15) is 17.1 Å². The smallest absolute Gasteiger partial charge is 0.145 e. The van der Waals surface area contributed by atoms with Crippen LogP contribution in [0.1, 0.15) is 32.2 Å². The van der Waals surface area contributed by atoms with Crippen molar-refractivity contribution in [1.29, 1.82) is 0 Å². The van der Waals surface area contributed by atoms with Crippen LogP contribution in [0.25, 0.3) is 11.0 Å². The molecule has 0 bridgehead atoms. The molecule has 0 amide bonds. The van der Waals surface area contributed by atoms with E-state index in [0.717, 1.165) is 30.3 Å². The Balaban J connectivity index is 1.99. The second-order valence-corrected chi connectivity index (χ2v) is 5.85. The van der Waals surface area contributed by atoms with Gasteiger partial charge in [-0.05, 0) is 30.7 Å². The van der Waals surface area contributed by atoms with Crippen LogP contribution in [0.2, 0.25) is 5.15 Å². The van der Waals surface area contributed by atoms with E-state index in [1.807, 2.05) is 12.3 Å². The molecule has 1 unspecified atom stereocenters. The van der Waals surface area contributed by atoms with E-state index in [1.54, 1.807) is 0 Å². The van der Waals surface area contributed by atoms with Crippen LogP contribution in [-0.2, 0) is 0 Å². The molecule has 0 saturated heterocycles. The fourth-order valence-electron chi connectivity index (χ4n) is 2.90. The molecule has 1 saturated carbocycles. The average Bonchev–Trinajstić information content (AvgIpc) is 2.94. The van der Waals surface area contributed by atoms with Gasteiger partial charge in [0.25, 0.3) is 0 Å². The molecule has 18 heavy (non-hydrogen) atoms. The Morgan fingerprint density at radius 3 is 3.11 bits per heavy atom. The summed E-state index contributed by atoms with van der Waals surface area (Å²) in [5, 5.41) is 10.8. The summed E-state index contributed by atoms with van der Waals surface area (Å²) in [5.74, 6) is 0. The molecule has 1 N–H and O–H groups in total. The van der Waals surface area contributed by atoms with Crippen LogP contribution in [0.3, 0.4) is 0 Å². The van der Waals surface area contributed by atoms with E-state index >= 15 is 0 Å². The van der Waals surface area contributed by atoms with Gasteiger partial charge in [0.05, 0.1) is 5.39 Å². The Labute approximate surface area is 111 Å². The molecule has 2 atom stereocenters. The maximum atomic E-state index is 9.44. The number of fused-ring (bicyclic) bond motifs is 1. The Bertz CT molecular complexity index is 583. The van der Waals surface area contributed by atoms with Crippen LogP contribution in [0.5, 0.6) is 0 Å². The molecule has 2 heterocycles. The van der Waals surface area contributed by atoms with Crippen molar-refractivity contribution in [2.45, 2.75) is 32.2 Å². The van der Waals surface area contributed by atoms with Crippen molar-refractivity contribution in [3.63, 3.8) is 0 Å². The zero-order valence-corrected chi connectivity index (χ0v) is 11.1. The molecule has 1 aliphatic carbocycles. The fourth-order valence-corrected chi connectivity index (χ4v) is 3.09. The molecular formula is C13H16ClN3O. The molecule has 2 aromatic rings. The predicted molar refractivity (Wildman–Crippen MR) is 70.6 cm³/mol. The quantitative estimate of drug-likeness (QED) is 0.850. The molecule has 1 aliphatic rings. The summed E-state index contributed by atoms with van der Waals surface area (Å²) in [6.07, 6.45) is 6.63. The first-order chi connectivity index (χ1) is 8.63. The molecule has 3 rings (SSSR count). The fraction of sp³-hybridized carbons (Fsp3) is 0.538. The maximum Gasteiger partial charge on any atom is 0.145 e. The Hall–Kier alpha value is -1.13. The number of halogens is 1. The van der Waals surface area contributed by atoms with Crippen molar-refractivity contribution < 1.29 is 5.11 Å². The average molecular weight is 266 g/mol. The van der Waals surface area contributed by atoms with Crippen molar-refractivity contribution in [3.05, 3.63) is 23.7 Å². The molecule has 0 aliphatic heterocycles. The van der Waals surface area contributed by atoms with Crippen LogP contribution in [0, 0.1) is 5.41 Å². The second kappa shape index (κ2) is 4.21. The SMILES string of the molecule is C[C@@]1(CO)CCC(n2ccc3c(Cl)ncnc32)C1. The first-order valence-electron chi connectivity index (χ1n) is 6.21. The third-order valence-corrected chi connectivity index (χ3v) is 4.35. The Morgan fingerprint density at radius 1 is 1.56 bits per heavy atom. The van der Waals surface area contributed by atoms with E-state index in [1.165, 1.54) is 6.33 Å². The minimum atomic E-state index is 0.0398. The third kappa shape index (κ3) is 1.80. The van der Waals surface area contributed by atoms with Gasteiger partial charge in [-0.25, -0.2) is 9.97 Å². The second-order valence-electron chi connectivity index (χ2n) is 5.49. The zero-order valence-electron chi connectivity index (χ0n) is 10.3. The Kier molecular flexibility index (Phi) is 2.79. The summed E-state index contributed by atoms with van der Waals surface area (Å²) < 4.78 is 2.17. The van der Waals surface area contributed by atoms with Gasteiger partial charge in [-0.15, -0.1) is 0 Å². The minimum Gasteiger partial charge on any atom is -0.396 e. The summed E-state index contributed by atoms with van der Waals surface area (Å²) in [6, 6.07) is 2.36. The van der Waals surface area contributed by atoms with E-state index in [2.05, 4.69) is 21.5 Å². The number of rotatable bonds is 2. The lowest BCUT2D eigenvalue weighted by Crippen LogP contribution is -2.17. The molecular weight excluding hydrogens is 250 g/mol. The summed E-state index contributed by atoms with van der Waals surface area (Å²) in [6.45, 7) is 2.39.